The van der Waals surface area contributed by atoms with Gasteiger partial charge in [0.05, 0.1) is 10.6 Å². The minimum Gasteiger partial charge on any atom is -0.475 e. The topological polar surface area (TPSA) is 98.5 Å². The predicted molar refractivity (Wildman–Crippen MR) is 113 cm³/mol. The van der Waals surface area contributed by atoms with Crippen molar-refractivity contribution in [3.63, 3.8) is 0 Å². The van der Waals surface area contributed by atoms with Crippen molar-refractivity contribution in [2.45, 2.75) is 11.1 Å². The Kier molecular flexibility index (Phi) is 6.43. The molecule has 0 aliphatic heterocycles. The molecule has 4 aromatic rings. The quantitative estimate of drug-likeness (QED) is 0.295. The van der Waals surface area contributed by atoms with E-state index < -0.39 is 32.5 Å². The summed E-state index contributed by atoms with van der Waals surface area (Å²) < 4.78 is 86.0. The number of rotatable bonds is 7. The fourth-order valence-electron chi connectivity index (χ4n) is 2.95. The van der Waals surface area contributed by atoms with Crippen molar-refractivity contribution in [3.05, 3.63) is 71.0 Å². The first-order valence-corrected chi connectivity index (χ1v) is 11.4. The lowest BCUT2D eigenvalue weighted by molar-refractivity contribution is -0.137. The number of nitrogens with zero attached hydrogens (tertiary/aromatic N) is 4. The van der Waals surface area contributed by atoms with Crippen molar-refractivity contribution < 1.29 is 30.7 Å². The third kappa shape index (κ3) is 5.11. The van der Waals surface area contributed by atoms with E-state index in [0.29, 0.717) is 23.3 Å². The van der Waals surface area contributed by atoms with E-state index in [2.05, 4.69) is 20.0 Å². The molecule has 0 bridgehead atoms. The van der Waals surface area contributed by atoms with E-state index in [0.717, 1.165) is 6.07 Å². The maximum absolute atomic E-state index is 13.5. The lowest BCUT2D eigenvalue weighted by Crippen LogP contribution is -2.29. The number of nitrogens with one attached hydrogen (secondary N) is 1. The van der Waals surface area contributed by atoms with Crippen LogP contribution in [0.25, 0.3) is 17.0 Å². The SMILES string of the molecule is O=S(=O)(NCCOc1ccc2nnc(-c3cccc(F)c3)n2n1)c1cc(C(F)(F)F)ccc1Cl. The molecule has 0 aliphatic carbocycles. The molecule has 0 saturated heterocycles. The number of halogens is 5. The summed E-state index contributed by atoms with van der Waals surface area (Å²) in [4.78, 5) is -0.701. The molecule has 1 N–H and O–H groups in total. The maximum Gasteiger partial charge on any atom is 0.416 e. The Labute approximate surface area is 195 Å². The van der Waals surface area contributed by atoms with Crippen molar-refractivity contribution in [1.29, 1.82) is 0 Å². The second-order valence-corrected chi connectivity index (χ2v) is 9.01. The van der Waals surface area contributed by atoms with Crippen LogP contribution in [0.15, 0.2) is 59.5 Å². The monoisotopic (exact) mass is 515 g/mol. The van der Waals surface area contributed by atoms with Crippen molar-refractivity contribution in [1.82, 2.24) is 24.5 Å². The van der Waals surface area contributed by atoms with E-state index in [4.69, 9.17) is 16.3 Å². The molecule has 8 nitrogen and oxygen atoms in total. The van der Waals surface area contributed by atoms with Crippen LogP contribution in [-0.4, -0.2) is 41.4 Å². The van der Waals surface area contributed by atoms with Crippen molar-refractivity contribution in [3.8, 4) is 17.3 Å². The summed E-state index contributed by atoms with van der Waals surface area (Å²) in [6.45, 7) is -0.487. The number of hydrogen-bond acceptors (Lipinski definition) is 6. The molecule has 2 heterocycles. The van der Waals surface area contributed by atoms with Crippen molar-refractivity contribution in [2.24, 2.45) is 0 Å². The zero-order chi connectivity index (χ0) is 24.5. The van der Waals surface area contributed by atoms with Gasteiger partial charge in [-0.2, -0.15) is 17.7 Å². The molecule has 0 saturated carbocycles. The highest BCUT2D eigenvalue weighted by Crippen LogP contribution is 2.33. The fraction of sp³-hybridized carbons (Fsp3) is 0.150. The average Bonchev–Trinajstić information content (AvgIpc) is 3.19. The Morgan fingerprint density at radius 1 is 1.06 bits per heavy atom. The van der Waals surface area contributed by atoms with Gasteiger partial charge in [0.25, 0.3) is 0 Å². The molecule has 4 rings (SSSR count). The first-order valence-electron chi connectivity index (χ1n) is 9.52. The number of benzene rings is 2. The van der Waals surface area contributed by atoms with E-state index >= 15 is 0 Å². The Balaban J connectivity index is 1.45. The van der Waals surface area contributed by atoms with Gasteiger partial charge in [-0.05, 0) is 36.4 Å². The first-order chi connectivity index (χ1) is 16.0. The number of ether oxygens (including phenoxy) is 1. The number of sulfonamides is 1. The van der Waals surface area contributed by atoms with Crippen LogP contribution in [0, 0.1) is 5.82 Å². The lowest BCUT2D eigenvalue weighted by atomic mass is 10.2. The second-order valence-electron chi connectivity index (χ2n) is 6.86. The average molecular weight is 516 g/mol. The van der Waals surface area contributed by atoms with Gasteiger partial charge in [0, 0.05) is 18.2 Å². The fourth-order valence-corrected chi connectivity index (χ4v) is 4.49. The molecule has 0 radical (unpaired) electrons. The predicted octanol–water partition coefficient (Wildman–Crippen LogP) is 3.96. The molecule has 14 heteroatoms. The molecule has 178 valence electrons. The van der Waals surface area contributed by atoms with Crippen LogP contribution in [0.2, 0.25) is 5.02 Å². The van der Waals surface area contributed by atoms with Gasteiger partial charge < -0.3 is 4.74 Å². The van der Waals surface area contributed by atoms with E-state index in [1.165, 1.54) is 28.8 Å². The first kappa shape index (κ1) is 23.9. The van der Waals surface area contributed by atoms with E-state index in [-0.39, 0.29) is 29.9 Å². The smallest absolute Gasteiger partial charge is 0.416 e. The number of aromatic nitrogens is 4. The summed E-state index contributed by atoms with van der Waals surface area (Å²) in [5, 5.41) is 11.8. The van der Waals surface area contributed by atoms with Crippen LogP contribution >= 0.6 is 11.6 Å². The number of hydrogen-bond donors (Lipinski definition) is 1. The molecular formula is C20H14ClF4N5O3S. The molecule has 0 aliphatic rings. The summed E-state index contributed by atoms with van der Waals surface area (Å²) in [5.74, 6) is -0.115. The highest BCUT2D eigenvalue weighted by atomic mass is 35.5. The second kappa shape index (κ2) is 9.16. The standard InChI is InChI=1S/C20H14ClF4N5O3S/c21-15-5-4-13(20(23,24)25)11-16(15)34(31,32)26-8-9-33-18-7-6-17-27-28-19(30(17)29-18)12-2-1-3-14(22)10-12/h1-7,10-11,26H,8-9H2. The van der Waals surface area contributed by atoms with Crippen molar-refractivity contribution >= 4 is 27.3 Å². The molecule has 2 aromatic carbocycles. The summed E-state index contributed by atoms with van der Waals surface area (Å²) in [6.07, 6.45) is -4.73. The lowest BCUT2D eigenvalue weighted by Gasteiger charge is -2.12. The number of fused-ring (bicyclic) bond motifs is 1. The summed E-state index contributed by atoms with van der Waals surface area (Å²) in [6, 6.07) is 10.7. The van der Waals surface area contributed by atoms with Gasteiger partial charge in [0.2, 0.25) is 15.9 Å². The van der Waals surface area contributed by atoms with Gasteiger partial charge in [-0.1, -0.05) is 23.7 Å². The van der Waals surface area contributed by atoms with Gasteiger partial charge in [-0.3, -0.25) is 0 Å². The van der Waals surface area contributed by atoms with Gasteiger partial charge in [0.15, 0.2) is 11.5 Å². The third-order valence-corrected chi connectivity index (χ3v) is 6.46. The molecule has 0 fully saturated rings. The van der Waals surface area contributed by atoms with E-state index in [1.807, 2.05) is 0 Å². The molecule has 2 aromatic heterocycles. The normalized spacial score (nSPS) is 12.3. The minimum absolute atomic E-state index is 0.0845. The molecule has 0 unspecified atom stereocenters. The largest absolute Gasteiger partial charge is 0.475 e. The molecule has 34 heavy (non-hydrogen) atoms. The van der Waals surface area contributed by atoms with E-state index in [1.54, 1.807) is 12.1 Å². The van der Waals surface area contributed by atoms with Crippen LogP contribution < -0.4 is 9.46 Å². The highest BCUT2D eigenvalue weighted by molar-refractivity contribution is 7.89. The number of alkyl halides is 3. The Morgan fingerprint density at radius 2 is 1.85 bits per heavy atom. The van der Waals surface area contributed by atoms with Crippen LogP contribution in [0.4, 0.5) is 17.6 Å². The molecule has 0 amide bonds. The Bertz CT molecular complexity index is 1460. The summed E-state index contributed by atoms with van der Waals surface area (Å²) in [7, 11) is -4.34. The third-order valence-electron chi connectivity index (χ3n) is 4.51. The summed E-state index contributed by atoms with van der Waals surface area (Å²) >= 11 is 5.79. The van der Waals surface area contributed by atoms with Crippen LogP contribution in [-0.2, 0) is 16.2 Å². The molecule has 0 spiro atoms. The van der Waals surface area contributed by atoms with Crippen LogP contribution in [0.3, 0.4) is 0 Å². The van der Waals surface area contributed by atoms with Crippen molar-refractivity contribution in [2.75, 3.05) is 13.2 Å². The Hall–Kier alpha value is -3.29. The van der Waals surface area contributed by atoms with Gasteiger partial charge in [-0.15, -0.1) is 15.3 Å². The zero-order valence-corrected chi connectivity index (χ0v) is 18.5. The van der Waals surface area contributed by atoms with E-state index in [9.17, 15) is 26.0 Å². The molecule has 0 atom stereocenters. The van der Waals surface area contributed by atoms with Crippen LogP contribution in [0.5, 0.6) is 5.88 Å². The maximum atomic E-state index is 13.5. The van der Waals surface area contributed by atoms with Gasteiger partial charge in [0.1, 0.15) is 17.3 Å². The van der Waals surface area contributed by atoms with Gasteiger partial charge >= 0.3 is 6.18 Å². The Morgan fingerprint density at radius 3 is 2.59 bits per heavy atom. The van der Waals surface area contributed by atoms with Crippen LogP contribution in [0.1, 0.15) is 5.56 Å². The highest BCUT2D eigenvalue weighted by Gasteiger charge is 2.32. The zero-order valence-electron chi connectivity index (χ0n) is 16.9. The van der Waals surface area contributed by atoms with Gasteiger partial charge in [-0.25, -0.2) is 17.5 Å². The molecular weight excluding hydrogens is 502 g/mol. The summed E-state index contributed by atoms with van der Waals surface area (Å²) in [5.41, 5.74) is -0.344. The minimum atomic E-state index is -4.73.